The van der Waals surface area contributed by atoms with Gasteiger partial charge in [-0.3, -0.25) is 0 Å². The molecular formula is C12H22. The molecule has 1 unspecified atom stereocenters. The van der Waals surface area contributed by atoms with Gasteiger partial charge in [0.05, 0.1) is 0 Å². The molecule has 0 N–H and O–H groups in total. The van der Waals surface area contributed by atoms with Crippen molar-refractivity contribution < 1.29 is 0 Å². The van der Waals surface area contributed by atoms with Crippen molar-refractivity contribution in [2.24, 2.45) is 17.3 Å². The minimum Gasteiger partial charge on any atom is -0.0649 e. The Kier molecular flexibility index (Phi) is 2.18. The largest absolute Gasteiger partial charge is 0.0649 e. The van der Waals surface area contributed by atoms with Crippen molar-refractivity contribution in [1.29, 1.82) is 0 Å². The number of hydrogen-bond acceptors (Lipinski definition) is 0. The van der Waals surface area contributed by atoms with Gasteiger partial charge < -0.3 is 0 Å². The first kappa shape index (κ1) is 8.59. The van der Waals surface area contributed by atoms with Crippen molar-refractivity contribution in [2.45, 2.75) is 58.8 Å². The van der Waals surface area contributed by atoms with Crippen LogP contribution in [0.15, 0.2) is 0 Å². The molecule has 2 aliphatic rings. The van der Waals surface area contributed by atoms with E-state index >= 15 is 0 Å². The van der Waals surface area contributed by atoms with Gasteiger partial charge in [0, 0.05) is 0 Å². The van der Waals surface area contributed by atoms with Crippen LogP contribution in [0.1, 0.15) is 58.8 Å². The first-order valence-corrected chi connectivity index (χ1v) is 5.74. The van der Waals surface area contributed by atoms with Gasteiger partial charge in [0.2, 0.25) is 0 Å². The molecule has 2 fully saturated rings. The van der Waals surface area contributed by atoms with Crippen molar-refractivity contribution >= 4 is 0 Å². The van der Waals surface area contributed by atoms with Crippen molar-refractivity contribution in [1.82, 2.24) is 0 Å². The Labute approximate surface area is 76.7 Å². The average Bonchev–Trinajstić information content (AvgIpc) is 2.45. The van der Waals surface area contributed by atoms with Crippen molar-refractivity contribution in [3.63, 3.8) is 0 Å². The lowest BCUT2D eigenvalue weighted by Gasteiger charge is -2.34. The van der Waals surface area contributed by atoms with Gasteiger partial charge in [-0.1, -0.05) is 39.5 Å². The third-order valence-corrected chi connectivity index (χ3v) is 4.69. The first-order chi connectivity index (χ1) is 5.74. The molecule has 0 aliphatic heterocycles. The highest BCUT2D eigenvalue weighted by molar-refractivity contribution is 4.90. The predicted octanol–water partition coefficient (Wildman–Crippen LogP) is 4.00. The monoisotopic (exact) mass is 166 g/mol. The van der Waals surface area contributed by atoms with E-state index in [0.29, 0.717) is 5.41 Å². The average molecular weight is 166 g/mol. The van der Waals surface area contributed by atoms with Gasteiger partial charge in [0.25, 0.3) is 0 Å². The van der Waals surface area contributed by atoms with Crippen molar-refractivity contribution in [3.8, 4) is 0 Å². The molecule has 2 bridgehead atoms. The highest BCUT2D eigenvalue weighted by atomic mass is 14.4. The van der Waals surface area contributed by atoms with Crippen LogP contribution in [-0.2, 0) is 0 Å². The predicted molar refractivity (Wildman–Crippen MR) is 53.1 cm³/mol. The van der Waals surface area contributed by atoms with E-state index in [1.54, 1.807) is 12.8 Å². The maximum atomic E-state index is 2.53. The Balaban J connectivity index is 2.13. The standard InChI is InChI=1S/C12H22/c1-3-12(2)8-4-5-10-6-7-11(12)9-10/h10-11H,3-9H2,1-2H3/t10?,11-,12+/m1/s1. The van der Waals surface area contributed by atoms with Crippen LogP contribution in [0.4, 0.5) is 0 Å². The van der Waals surface area contributed by atoms with Gasteiger partial charge in [-0.2, -0.15) is 0 Å². The zero-order valence-corrected chi connectivity index (χ0v) is 8.60. The second-order valence-corrected chi connectivity index (χ2v) is 5.28. The van der Waals surface area contributed by atoms with Gasteiger partial charge in [-0.15, -0.1) is 0 Å². The molecule has 12 heavy (non-hydrogen) atoms. The molecular weight excluding hydrogens is 144 g/mol. The van der Waals surface area contributed by atoms with Gasteiger partial charge in [0.1, 0.15) is 0 Å². The second kappa shape index (κ2) is 3.05. The van der Waals surface area contributed by atoms with Crippen LogP contribution in [0, 0.1) is 17.3 Å². The molecule has 0 spiro atoms. The summed E-state index contributed by atoms with van der Waals surface area (Å²) in [6, 6.07) is 0. The SMILES string of the molecule is CC[C@@]1(C)CCCC2CC[C@@H]1C2. The molecule has 0 saturated heterocycles. The lowest BCUT2D eigenvalue weighted by atomic mass is 9.72. The number of fused-ring (bicyclic) bond motifs is 2. The third-order valence-electron chi connectivity index (χ3n) is 4.69. The number of rotatable bonds is 1. The molecule has 0 amide bonds. The quantitative estimate of drug-likeness (QED) is 0.552. The van der Waals surface area contributed by atoms with E-state index in [4.69, 9.17) is 0 Å². The van der Waals surface area contributed by atoms with E-state index in [9.17, 15) is 0 Å². The maximum Gasteiger partial charge on any atom is -0.0300 e. The van der Waals surface area contributed by atoms with Crippen LogP contribution in [-0.4, -0.2) is 0 Å². The molecule has 70 valence electrons. The Morgan fingerprint density at radius 1 is 1.25 bits per heavy atom. The van der Waals surface area contributed by atoms with Crippen molar-refractivity contribution in [2.75, 3.05) is 0 Å². The Morgan fingerprint density at radius 3 is 2.83 bits per heavy atom. The highest BCUT2D eigenvalue weighted by Gasteiger charge is 2.39. The van der Waals surface area contributed by atoms with E-state index in [1.807, 2.05) is 0 Å². The summed E-state index contributed by atoms with van der Waals surface area (Å²) >= 11 is 0. The van der Waals surface area contributed by atoms with E-state index in [-0.39, 0.29) is 0 Å². The lowest BCUT2D eigenvalue weighted by molar-refractivity contribution is 0.168. The summed E-state index contributed by atoms with van der Waals surface area (Å²) in [5.41, 5.74) is 0.714. The summed E-state index contributed by atoms with van der Waals surface area (Å²) in [7, 11) is 0. The van der Waals surface area contributed by atoms with Gasteiger partial charge >= 0.3 is 0 Å². The number of hydrogen-bond donors (Lipinski definition) is 0. The molecule has 0 heterocycles. The fourth-order valence-corrected chi connectivity index (χ4v) is 3.43. The molecule has 0 aromatic rings. The Hall–Kier alpha value is 0. The van der Waals surface area contributed by atoms with Crippen molar-refractivity contribution in [3.05, 3.63) is 0 Å². The van der Waals surface area contributed by atoms with Gasteiger partial charge in [0.15, 0.2) is 0 Å². The molecule has 0 aromatic heterocycles. The first-order valence-electron chi connectivity index (χ1n) is 5.74. The summed E-state index contributed by atoms with van der Waals surface area (Å²) in [4.78, 5) is 0. The summed E-state index contributed by atoms with van der Waals surface area (Å²) in [5.74, 6) is 2.19. The fourth-order valence-electron chi connectivity index (χ4n) is 3.43. The van der Waals surface area contributed by atoms with E-state index in [2.05, 4.69) is 13.8 Å². The molecule has 2 rings (SSSR count). The van der Waals surface area contributed by atoms with Gasteiger partial charge in [-0.05, 0) is 36.5 Å². The van der Waals surface area contributed by atoms with Crippen LogP contribution in [0.2, 0.25) is 0 Å². The van der Waals surface area contributed by atoms with Gasteiger partial charge in [-0.25, -0.2) is 0 Å². The van der Waals surface area contributed by atoms with E-state index in [1.165, 1.54) is 32.1 Å². The lowest BCUT2D eigenvalue weighted by Crippen LogP contribution is -2.23. The summed E-state index contributed by atoms with van der Waals surface area (Å²) in [6.07, 6.45) is 10.6. The second-order valence-electron chi connectivity index (χ2n) is 5.28. The fraction of sp³-hybridized carbons (Fsp3) is 1.00. The molecule has 2 aliphatic carbocycles. The van der Waals surface area contributed by atoms with Crippen LogP contribution in [0.5, 0.6) is 0 Å². The minimum absolute atomic E-state index is 0.714. The molecule has 0 nitrogen and oxygen atoms in total. The van der Waals surface area contributed by atoms with Crippen LogP contribution in [0.25, 0.3) is 0 Å². The Bertz CT molecular complexity index is 161. The smallest absolute Gasteiger partial charge is 0.0300 e. The topological polar surface area (TPSA) is 0 Å². The molecule has 3 atom stereocenters. The third kappa shape index (κ3) is 1.30. The van der Waals surface area contributed by atoms with E-state index < -0.39 is 0 Å². The molecule has 2 saturated carbocycles. The zero-order valence-electron chi connectivity index (χ0n) is 8.60. The minimum atomic E-state index is 0.714. The zero-order chi connectivity index (χ0) is 8.60. The summed E-state index contributed by atoms with van der Waals surface area (Å²) in [5, 5.41) is 0. The van der Waals surface area contributed by atoms with Crippen LogP contribution in [0.3, 0.4) is 0 Å². The van der Waals surface area contributed by atoms with Crippen LogP contribution < -0.4 is 0 Å². The summed E-state index contributed by atoms with van der Waals surface area (Å²) in [6.45, 7) is 4.92. The molecule has 0 radical (unpaired) electrons. The normalized spacial score (nSPS) is 47.5. The Morgan fingerprint density at radius 2 is 2.08 bits per heavy atom. The molecule has 0 aromatic carbocycles. The highest BCUT2D eigenvalue weighted by Crippen LogP contribution is 2.51. The summed E-state index contributed by atoms with van der Waals surface area (Å²) < 4.78 is 0. The van der Waals surface area contributed by atoms with Crippen LogP contribution >= 0.6 is 0 Å². The van der Waals surface area contributed by atoms with E-state index in [0.717, 1.165) is 11.8 Å². The maximum absolute atomic E-state index is 2.53. The molecule has 0 heteroatoms.